The van der Waals surface area contributed by atoms with E-state index in [4.69, 9.17) is 35.3 Å². The molecule has 7 heteroatoms. The van der Waals surface area contributed by atoms with E-state index in [0.717, 1.165) is 5.69 Å². The molecule has 1 heterocycles. The van der Waals surface area contributed by atoms with E-state index in [0.29, 0.717) is 27.9 Å². The van der Waals surface area contributed by atoms with Crippen LogP contribution in [-0.2, 0) is 6.42 Å². The molecule has 0 unspecified atom stereocenters. The van der Waals surface area contributed by atoms with Gasteiger partial charge in [-0.1, -0.05) is 29.0 Å². The molecule has 0 bridgehead atoms. The normalized spacial score (nSPS) is 10.4. The third-order valence-electron chi connectivity index (χ3n) is 2.21. The SMILES string of the molecule is NC(=S)Cc1c(N)nnn1-c1ccc(Cl)cc1. The summed E-state index contributed by atoms with van der Waals surface area (Å²) in [7, 11) is 0. The van der Waals surface area contributed by atoms with Crippen LogP contribution in [0.25, 0.3) is 5.69 Å². The zero-order valence-corrected chi connectivity index (χ0v) is 10.4. The van der Waals surface area contributed by atoms with Gasteiger partial charge < -0.3 is 11.5 Å². The molecule has 5 nitrogen and oxygen atoms in total. The van der Waals surface area contributed by atoms with Gasteiger partial charge in [-0.3, -0.25) is 0 Å². The molecule has 0 spiro atoms. The van der Waals surface area contributed by atoms with Crippen molar-refractivity contribution in [2.45, 2.75) is 6.42 Å². The fourth-order valence-corrected chi connectivity index (χ4v) is 1.70. The van der Waals surface area contributed by atoms with Crippen LogP contribution < -0.4 is 11.5 Å². The molecule has 0 atom stereocenters. The predicted octanol–water partition coefficient (Wildman–Crippen LogP) is 1.33. The van der Waals surface area contributed by atoms with Crippen LogP contribution in [-0.4, -0.2) is 20.0 Å². The number of hydrogen-bond donors (Lipinski definition) is 2. The quantitative estimate of drug-likeness (QED) is 0.820. The van der Waals surface area contributed by atoms with E-state index in [1.807, 2.05) is 12.1 Å². The van der Waals surface area contributed by atoms with Gasteiger partial charge in [0.15, 0.2) is 5.82 Å². The zero-order chi connectivity index (χ0) is 12.4. The molecule has 0 aliphatic carbocycles. The summed E-state index contributed by atoms with van der Waals surface area (Å²) in [5.41, 5.74) is 12.7. The van der Waals surface area contributed by atoms with Gasteiger partial charge in [0, 0.05) is 11.4 Å². The molecule has 1 aromatic heterocycles. The first-order valence-corrected chi connectivity index (χ1v) is 5.61. The third-order valence-corrected chi connectivity index (χ3v) is 2.60. The summed E-state index contributed by atoms with van der Waals surface area (Å²) in [4.78, 5) is 0.342. The van der Waals surface area contributed by atoms with Crippen LogP contribution in [0.3, 0.4) is 0 Å². The topological polar surface area (TPSA) is 82.8 Å². The Morgan fingerprint density at radius 1 is 1.35 bits per heavy atom. The lowest BCUT2D eigenvalue weighted by molar-refractivity contribution is 0.779. The number of thiocarbonyl (C=S) groups is 1. The minimum absolute atomic E-state index is 0.327. The first-order chi connectivity index (χ1) is 8.08. The summed E-state index contributed by atoms with van der Waals surface area (Å²) in [6.45, 7) is 0. The van der Waals surface area contributed by atoms with Gasteiger partial charge in [0.05, 0.1) is 16.4 Å². The van der Waals surface area contributed by atoms with Crippen molar-refractivity contribution < 1.29 is 0 Å². The number of halogens is 1. The van der Waals surface area contributed by atoms with Crippen LogP contribution >= 0.6 is 23.8 Å². The van der Waals surface area contributed by atoms with Gasteiger partial charge in [-0.05, 0) is 24.3 Å². The van der Waals surface area contributed by atoms with Crippen molar-refractivity contribution in [3.05, 3.63) is 35.0 Å². The van der Waals surface area contributed by atoms with Gasteiger partial charge in [0.1, 0.15) is 0 Å². The standard InChI is InChI=1S/C10H10ClN5S/c11-6-1-3-7(4-2-6)16-8(5-9(12)17)10(13)14-15-16/h1-4H,5,13H2,(H2,12,17). The Morgan fingerprint density at radius 3 is 2.59 bits per heavy atom. The Balaban J connectivity index is 2.45. The molecule has 2 aromatic rings. The first-order valence-electron chi connectivity index (χ1n) is 4.82. The molecule has 2 rings (SSSR count). The van der Waals surface area contributed by atoms with Crippen molar-refractivity contribution in [3.8, 4) is 5.69 Å². The Labute approximate surface area is 108 Å². The number of rotatable bonds is 3. The van der Waals surface area contributed by atoms with Gasteiger partial charge in [-0.2, -0.15) is 0 Å². The Kier molecular flexibility index (Phi) is 3.26. The Bertz CT molecular complexity index is 548. The van der Waals surface area contributed by atoms with Crippen LogP contribution in [0.15, 0.2) is 24.3 Å². The highest BCUT2D eigenvalue weighted by Crippen LogP contribution is 2.17. The molecule has 4 N–H and O–H groups in total. The molecule has 0 fully saturated rings. The second kappa shape index (κ2) is 4.68. The van der Waals surface area contributed by atoms with Crippen molar-refractivity contribution in [1.82, 2.24) is 15.0 Å². The summed E-state index contributed by atoms with van der Waals surface area (Å²) in [5, 5.41) is 8.41. The number of aromatic nitrogens is 3. The third kappa shape index (κ3) is 2.54. The lowest BCUT2D eigenvalue weighted by Gasteiger charge is -2.05. The number of nitrogen functional groups attached to an aromatic ring is 1. The maximum atomic E-state index is 5.82. The largest absolute Gasteiger partial charge is 0.393 e. The van der Waals surface area contributed by atoms with Crippen LogP contribution in [0, 0.1) is 0 Å². The van der Waals surface area contributed by atoms with Crippen LogP contribution in [0.2, 0.25) is 5.02 Å². The molecular formula is C10H10ClN5S. The lowest BCUT2D eigenvalue weighted by Crippen LogP contribution is -2.15. The molecule has 1 aromatic carbocycles. The maximum Gasteiger partial charge on any atom is 0.170 e. The second-order valence-electron chi connectivity index (χ2n) is 3.45. The first kappa shape index (κ1) is 11.8. The van der Waals surface area contributed by atoms with Crippen LogP contribution in [0.5, 0.6) is 0 Å². The van der Waals surface area contributed by atoms with E-state index in [-0.39, 0.29) is 0 Å². The molecule has 17 heavy (non-hydrogen) atoms. The maximum absolute atomic E-state index is 5.82. The summed E-state index contributed by atoms with van der Waals surface area (Å²) < 4.78 is 1.60. The van der Waals surface area contributed by atoms with E-state index >= 15 is 0 Å². The summed E-state index contributed by atoms with van der Waals surface area (Å²) in [6.07, 6.45) is 0.358. The van der Waals surface area contributed by atoms with Crippen molar-refractivity contribution >= 4 is 34.6 Å². The van der Waals surface area contributed by atoms with Crippen molar-refractivity contribution in [1.29, 1.82) is 0 Å². The van der Waals surface area contributed by atoms with Gasteiger partial charge >= 0.3 is 0 Å². The monoisotopic (exact) mass is 267 g/mol. The van der Waals surface area contributed by atoms with Crippen LogP contribution in [0.1, 0.15) is 5.69 Å². The Morgan fingerprint density at radius 2 is 2.00 bits per heavy atom. The molecule has 0 saturated heterocycles. The van der Waals surface area contributed by atoms with Crippen molar-refractivity contribution in [2.24, 2.45) is 5.73 Å². The number of hydrogen-bond acceptors (Lipinski definition) is 4. The number of nitrogens with two attached hydrogens (primary N) is 2. The smallest absolute Gasteiger partial charge is 0.170 e. The lowest BCUT2D eigenvalue weighted by atomic mass is 10.2. The number of benzene rings is 1. The van der Waals surface area contributed by atoms with Crippen molar-refractivity contribution in [2.75, 3.05) is 5.73 Å². The summed E-state index contributed by atoms with van der Waals surface area (Å²) in [5.74, 6) is 0.327. The highest BCUT2D eigenvalue weighted by Gasteiger charge is 2.12. The fourth-order valence-electron chi connectivity index (χ4n) is 1.43. The second-order valence-corrected chi connectivity index (χ2v) is 4.41. The van der Waals surface area contributed by atoms with Crippen LogP contribution in [0.4, 0.5) is 5.82 Å². The minimum Gasteiger partial charge on any atom is -0.393 e. The Hall–Kier alpha value is -1.66. The summed E-state index contributed by atoms with van der Waals surface area (Å²) in [6, 6.07) is 7.16. The van der Waals surface area contributed by atoms with E-state index in [9.17, 15) is 0 Å². The van der Waals surface area contributed by atoms with Crippen molar-refractivity contribution in [3.63, 3.8) is 0 Å². The molecule has 0 amide bonds. The van der Waals surface area contributed by atoms with Gasteiger partial charge in [-0.25, -0.2) is 4.68 Å². The van der Waals surface area contributed by atoms with Gasteiger partial charge in [-0.15, -0.1) is 5.10 Å². The average Bonchev–Trinajstić information content (AvgIpc) is 2.61. The molecule has 0 aliphatic heterocycles. The number of nitrogens with zero attached hydrogens (tertiary/aromatic N) is 3. The average molecular weight is 268 g/mol. The van der Waals surface area contributed by atoms with E-state index in [2.05, 4.69) is 10.3 Å². The fraction of sp³-hybridized carbons (Fsp3) is 0.100. The summed E-state index contributed by atoms with van der Waals surface area (Å²) >= 11 is 10.7. The highest BCUT2D eigenvalue weighted by molar-refractivity contribution is 7.80. The number of anilines is 1. The van der Waals surface area contributed by atoms with Gasteiger partial charge in [0.2, 0.25) is 0 Å². The van der Waals surface area contributed by atoms with Gasteiger partial charge in [0.25, 0.3) is 0 Å². The molecule has 0 aliphatic rings. The minimum atomic E-state index is 0.327. The van der Waals surface area contributed by atoms with E-state index in [1.165, 1.54) is 0 Å². The molecular weight excluding hydrogens is 258 g/mol. The highest BCUT2D eigenvalue weighted by atomic mass is 35.5. The van der Waals surface area contributed by atoms with E-state index in [1.54, 1.807) is 16.8 Å². The predicted molar refractivity (Wildman–Crippen MR) is 71.3 cm³/mol. The van der Waals surface area contributed by atoms with E-state index < -0.39 is 0 Å². The molecule has 0 saturated carbocycles. The zero-order valence-electron chi connectivity index (χ0n) is 8.80. The molecule has 88 valence electrons. The molecule has 0 radical (unpaired) electrons.